The van der Waals surface area contributed by atoms with E-state index >= 15 is 0 Å². The Morgan fingerprint density at radius 1 is 1.19 bits per heavy atom. The Kier molecular flexibility index (Phi) is 5.80. The molecule has 0 fully saturated rings. The second kappa shape index (κ2) is 8.07. The van der Waals surface area contributed by atoms with Crippen LogP contribution in [0.3, 0.4) is 0 Å². The van der Waals surface area contributed by atoms with E-state index in [4.69, 9.17) is 9.47 Å². The quantitative estimate of drug-likeness (QED) is 0.805. The molecule has 1 heterocycles. The smallest absolute Gasteiger partial charge is 0.279 e. The Bertz CT molecular complexity index is 840. The molecule has 26 heavy (non-hydrogen) atoms. The molecule has 2 aromatic rings. The van der Waals surface area contributed by atoms with Crippen LogP contribution < -0.4 is 14.2 Å². The molecular weight excluding hydrogens is 352 g/mol. The third kappa shape index (κ3) is 4.35. The first-order valence-electron chi connectivity index (χ1n) is 8.53. The van der Waals surface area contributed by atoms with Crippen LogP contribution in [0.5, 0.6) is 11.5 Å². The van der Waals surface area contributed by atoms with Crippen molar-refractivity contribution in [2.75, 3.05) is 27.3 Å². The van der Waals surface area contributed by atoms with Crippen molar-refractivity contribution >= 4 is 10.2 Å². The van der Waals surface area contributed by atoms with Gasteiger partial charge in [-0.3, -0.25) is 0 Å². The fourth-order valence-electron chi connectivity index (χ4n) is 3.01. The molecule has 2 aromatic carbocycles. The first-order chi connectivity index (χ1) is 12.5. The average Bonchev–Trinajstić information content (AvgIpc) is 2.66. The number of methoxy groups -OCH3 is 1. The van der Waals surface area contributed by atoms with E-state index in [2.05, 4.69) is 4.72 Å². The van der Waals surface area contributed by atoms with Gasteiger partial charge in [0.1, 0.15) is 0 Å². The summed E-state index contributed by atoms with van der Waals surface area (Å²) in [5.74, 6) is 1.55. The molecule has 1 aliphatic heterocycles. The summed E-state index contributed by atoms with van der Waals surface area (Å²) >= 11 is 0. The molecule has 0 bridgehead atoms. The largest absolute Gasteiger partial charge is 0.493 e. The molecule has 0 spiro atoms. The highest BCUT2D eigenvalue weighted by atomic mass is 32.2. The summed E-state index contributed by atoms with van der Waals surface area (Å²) in [4.78, 5) is 0. The number of hydrogen-bond donors (Lipinski definition) is 1. The van der Waals surface area contributed by atoms with Gasteiger partial charge in [-0.25, -0.2) is 4.72 Å². The third-order valence-electron chi connectivity index (χ3n) is 4.47. The molecule has 0 radical (unpaired) electrons. The van der Waals surface area contributed by atoms with Gasteiger partial charge in [-0.15, -0.1) is 0 Å². The van der Waals surface area contributed by atoms with Crippen LogP contribution in [-0.2, 0) is 23.2 Å². The van der Waals surface area contributed by atoms with Crippen molar-refractivity contribution in [1.29, 1.82) is 0 Å². The van der Waals surface area contributed by atoms with E-state index < -0.39 is 10.2 Å². The van der Waals surface area contributed by atoms with Crippen molar-refractivity contribution in [3.8, 4) is 11.5 Å². The van der Waals surface area contributed by atoms with Gasteiger partial charge in [-0.2, -0.15) is 12.7 Å². The van der Waals surface area contributed by atoms with Crippen LogP contribution in [-0.4, -0.2) is 40.0 Å². The van der Waals surface area contributed by atoms with E-state index in [-0.39, 0.29) is 5.92 Å². The summed E-state index contributed by atoms with van der Waals surface area (Å²) in [6, 6.07) is 15.3. The number of nitrogens with one attached hydrogen (secondary N) is 1. The highest BCUT2D eigenvalue weighted by Crippen LogP contribution is 2.35. The van der Waals surface area contributed by atoms with E-state index in [0.717, 1.165) is 23.3 Å². The van der Waals surface area contributed by atoms with Gasteiger partial charge in [0.05, 0.1) is 13.7 Å². The lowest BCUT2D eigenvalue weighted by atomic mass is 9.96. The molecule has 7 heteroatoms. The van der Waals surface area contributed by atoms with Crippen molar-refractivity contribution in [2.45, 2.75) is 13.0 Å². The van der Waals surface area contributed by atoms with Crippen molar-refractivity contribution < 1.29 is 17.9 Å². The van der Waals surface area contributed by atoms with Gasteiger partial charge in [0.2, 0.25) is 0 Å². The lowest BCUT2D eigenvalue weighted by Crippen LogP contribution is -2.42. The zero-order chi connectivity index (χ0) is 18.6. The van der Waals surface area contributed by atoms with Gasteiger partial charge in [0, 0.05) is 26.1 Å². The highest BCUT2D eigenvalue weighted by Gasteiger charge is 2.25. The number of fused-ring (bicyclic) bond motifs is 1. The lowest BCUT2D eigenvalue weighted by Gasteiger charge is -2.27. The zero-order valence-electron chi connectivity index (χ0n) is 15.0. The molecule has 0 amide bonds. The molecule has 140 valence electrons. The fourth-order valence-corrected chi connectivity index (χ4v) is 3.99. The Balaban J connectivity index is 1.58. The maximum absolute atomic E-state index is 12.5. The summed E-state index contributed by atoms with van der Waals surface area (Å²) in [5, 5.41) is 0. The SMILES string of the molecule is COc1cccc2c1OC[C@@H](CNS(=O)(=O)N(C)Cc1ccccc1)C2. The van der Waals surface area contributed by atoms with Gasteiger partial charge < -0.3 is 9.47 Å². The minimum atomic E-state index is -3.54. The molecule has 0 saturated carbocycles. The van der Waals surface area contributed by atoms with E-state index in [1.54, 1.807) is 14.2 Å². The summed E-state index contributed by atoms with van der Waals surface area (Å²) in [7, 11) is -0.356. The summed E-state index contributed by atoms with van der Waals surface area (Å²) < 4.78 is 40.1. The Morgan fingerprint density at radius 2 is 1.96 bits per heavy atom. The first-order valence-corrected chi connectivity index (χ1v) is 9.97. The predicted octanol–water partition coefficient (Wildman–Crippen LogP) is 2.21. The molecule has 1 N–H and O–H groups in total. The molecular formula is C19H24N2O4S. The number of nitrogens with zero attached hydrogens (tertiary/aromatic N) is 1. The minimum absolute atomic E-state index is 0.0782. The summed E-state index contributed by atoms with van der Waals surface area (Å²) in [5.41, 5.74) is 1.99. The van der Waals surface area contributed by atoms with Crippen molar-refractivity contribution in [3.05, 3.63) is 59.7 Å². The van der Waals surface area contributed by atoms with Crippen molar-refractivity contribution in [3.63, 3.8) is 0 Å². The molecule has 0 aliphatic carbocycles. The number of rotatable bonds is 7. The van der Waals surface area contributed by atoms with Crippen LogP contribution in [0.4, 0.5) is 0 Å². The summed E-state index contributed by atoms with van der Waals surface area (Å²) in [6.45, 7) is 1.12. The maximum atomic E-state index is 12.5. The van der Waals surface area contributed by atoms with Crippen LogP contribution in [0.25, 0.3) is 0 Å². The minimum Gasteiger partial charge on any atom is -0.493 e. The van der Waals surface area contributed by atoms with E-state index in [1.165, 1.54) is 4.31 Å². The highest BCUT2D eigenvalue weighted by molar-refractivity contribution is 7.87. The average molecular weight is 376 g/mol. The number of para-hydroxylation sites is 1. The van der Waals surface area contributed by atoms with E-state index in [1.807, 2.05) is 48.5 Å². The molecule has 1 aliphatic rings. The number of benzene rings is 2. The third-order valence-corrected chi connectivity index (χ3v) is 5.95. The molecule has 0 aromatic heterocycles. The maximum Gasteiger partial charge on any atom is 0.279 e. The molecule has 6 nitrogen and oxygen atoms in total. The summed E-state index contributed by atoms with van der Waals surface area (Å²) in [6.07, 6.45) is 0.747. The number of ether oxygens (including phenoxy) is 2. The van der Waals surface area contributed by atoms with E-state index in [0.29, 0.717) is 25.4 Å². The second-order valence-electron chi connectivity index (χ2n) is 6.42. The topological polar surface area (TPSA) is 67.9 Å². The Labute approximate surface area is 154 Å². The van der Waals surface area contributed by atoms with Gasteiger partial charge in [0.25, 0.3) is 10.2 Å². The van der Waals surface area contributed by atoms with Crippen molar-refractivity contribution in [1.82, 2.24) is 9.03 Å². The van der Waals surface area contributed by atoms with Gasteiger partial charge in [-0.05, 0) is 23.6 Å². The Morgan fingerprint density at radius 3 is 2.69 bits per heavy atom. The van der Waals surface area contributed by atoms with Gasteiger partial charge in [0.15, 0.2) is 11.5 Å². The van der Waals surface area contributed by atoms with E-state index in [9.17, 15) is 8.42 Å². The Hall–Kier alpha value is -2.09. The standard InChI is InChI=1S/C19H24N2O4S/c1-21(13-15-7-4-3-5-8-15)26(22,23)20-12-16-11-17-9-6-10-18(24-2)19(17)25-14-16/h3-10,16,20H,11-14H2,1-2H3/t16-/m1/s1. The van der Waals surface area contributed by atoms with Crippen molar-refractivity contribution in [2.24, 2.45) is 5.92 Å². The van der Waals surface area contributed by atoms with Gasteiger partial charge in [-0.1, -0.05) is 42.5 Å². The van der Waals surface area contributed by atoms with Crippen LogP contribution in [0.2, 0.25) is 0 Å². The molecule has 3 rings (SSSR count). The fraction of sp³-hybridized carbons (Fsp3) is 0.368. The monoisotopic (exact) mass is 376 g/mol. The van der Waals surface area contributed by atoms with Crippen LogP contribution in [0, 0.1) is 5.92 Å². The molecule has 0 saturated heterocycles. The van der Waals surface area contributed by atoms with Gasteiger partial charge >= 0.3 is 0 Å². The molecule has 0 unspecified atom stereocenters. The van der Waals surface area contributed by atoms with Crippen LogP contribution >= 0.6 is 0 Å². The normalized spacial score (nSPS) is 16.8. The predicted molar refractivity (Wildman–Crippen MR) is 101 cm³/mol. The number of hydrogen-bond acceptors (Lipinski definition) is 4. The molecule has 1 atom stereocenters. The first kappa shape index (κ1) is 18.7. The lowest BCUT2D eigenvalue weighted by molar-refractivity contribution is 0.212. The van der Waals surface area contributed by atoms with Crippen LogP contribution in [0.15, 0.2) is 48.5 Å². The van der Waals surface area contributed by atoms with Crippen LogP contribution in [0.1, 0.15) is 11.1 Å². The zero-order valence-corrected chi connectivity index (χ0v) is 15.8. The second-order valence-corrected chi connectivity index (χ2v) is 8.29.